The number of amides is 1. The van der Waals surface area contributed by atoms with Crippen LogP contribution in [-0.2, 0) is 69.8 Å². The number of benzene rings is 2. The van der Waals surface area contributed by atoms with Crippen molar-refractivity contribution in [3.63, 3.8) is 0 Å². The van der Waals surface area contributed by atoms with E-state index >= 15 is 0 Å². The Balaban J connectivity index is 0.000000882. The van der Waals surface area contributed by atoms with Gasteiger partial charge in [-0.25, -0.2) is 0 Å². The van der Waals surface area contributed by atoms with Gasteiger partial charge in [-0.05, 0) is 53.8 Å². The van der Waals surface area contributed by atoms with Crippen molar-refractivity contribution >= 4 is 47.1 Å². The summed E-state index contributed by atoms with van der Waals surface area (Å²) in [7, 11) is 0. The third kappa shape index (κ3) is 16.3. The maximum Gasteiger partial charge on any atom is 0.317 e. The second-order valence-electron chi connectivity index (χ2n) is 10.2. The van der Waals surface area contributed by atoms with Crippen LogP contribution >= 0.6 is 0 Å². The Morgan fingerprint density at radius 3 is 1.38 bits per heavy atom. The van der Waals surface area contributed by atoms with Gasteiger partial charge in [0.2, 0.25) is 5.91 Å². The quantitative estimate of drug-likeness (QED) is 0.127. The number of hydrogen-bond donors (Lipinski definition) is 3. The van der Waals surface area contributed by atoms with E-state index in [1.165, 1.54) is 0 Å². The van der Waals surface area contributed by atoms with Gasteiger partial charge in [0.05, 0.1) is 37.3 Å². The summed E-state index contributed by atoms with van der Waals surface area (Å²) in [6.07, 6.45) is 2.89. The van der Waals surface area contributed by atoms with Gasteiger partial charge in [0, 0.05) is 45.4 Å². The summed E-state index contributed by atoms with van der Waals surface area (Å²) in [5.74, 6) is -6.33. The van der Waals surface area contributed by atoms with E-state index in [-0.39, 0.29) is 26.7 Å². The molecule has 2 aromatic rings. The molecule has 0 unspecified atom stereocenters. The molecule has 0 saturated heterocycles. The van der Waals surface area contributed by atoms with Crippen LogP contribution < -0.4 is 20.6 Å². The predicted octanol–water partition coefficient (Wildman–Crippen LogP) is -0.778. The number of aliphatic imine (C=N–C) groups is 1. The van der Waals surface area contributed by atoms with Gasteiger partial charge in [-0.2, -0.15) is 0 Å². The van der Waals surface area contributed by atoms with Crippen molar-refractivity contribution in [2.24, 2.45) is 4.99 Å². The maximum atomic E-state index is 12.2. The molecule has 0 aromatic heterocycles. The molecule has 2 aromatic carbocycles. The van der Waals surface area contributed by atoms with Crippen LogP contribution in [0.1, 0.15) is 49.9 Å². The predicted molar refractivity (Wildman–Crippen MR) is 164 cm³/mol. The molecular weight excluding hydrogens is 698 g/mol. The SMILES string of the molecule is CCc1cccc(CC)c1N=C([O-])CN(CC(=O)[O-])CC(=O)[O-].CCc1cccc(CC)c1NC(=O)CN(CC(=O)O)CC(=O)O.[Tc]. The van der Waals surface area contributed by atoms with Gasteiger partial charge in [0.25, 0.3) is 0 Å². The molecule has 0 fully saturated rings. The van der Waals surface area contributed by atoms with Gasteiger partial charge in [-0.15, -0.1) is 0 Å². The van der Waals surface area contributed by atoms with E-state index in [9.17, 15) is 39.3 Å². The Hall–Kier alpha value is -4.17. The van der Waals surface area contributed by atoms with Crippen molar-refractivity contribution < 1.29 is 69.6 Å². The molecule has 0 saturated carbocycles. The van der Waals surface area contributed by atoms with Crippen LogP contribution in [0.4, 0.5) is 11.4 Å². The molecule has 3 N–H and O–H groups in total. The van der Waals surface area contributed by atoms with E-state index in [1.54, 1.807) is 0 Å². The fourth-order valence-electron chi connectivity index (χ4n) is 4.58. The minimum atomic E-state index is -1.47. The number of anilines is 1. The molecule has 2 rings (SSSR count). The third-order valence-electron chi connectivity index (χ3n) is 6.61. The molecule has 0 bridgehead atoms. The number of hydrogen-bond acceptors (Lipinski definition) is 11. The summed E-state index contributed by atoms with van der Waals surface area (Å²) in [5, 5.41) is 53.7. The molecule has 0 aliphatic heterocycles. The Bertz CT molecular complexity index is 1320. The first-order valence-electron chi connectivity index (χ1n) is 14.8. The Kier molecular flexibility index (Phi) is 20.4. The maximum absolute atomic E-state index is 12.2. The van der Waals surface area contributed by atoms with Gasteiger partial charge in [0.1, 0.15) is 0 Å². The Morgan fingerprint density at radius 2 is 1.02 bits per heavy atom. The second kappa shape index (κ2) is 22.4. The minimum Gasteiger partial charge on any atom is -0.861 e. The minimum absolute atomic E-state index is 0. The zero-order chi connectivity index (χ0) is 34.8. The number of carbonyl (C=O) groups is 5. The number of nitrogens with zero attached hydrogens (tertiary/aromatic N) is 3. The standard InChI is InChI=1S/2C16H22N2O5.Tc/c2*1-3-11-6-5-7-12(4-2)16(11)17-13(19)8-18(9-14(20)21)10-15(22)23;/h2*5-7H,3-4,8-10H2,1-2H3,(H,17,19)(H,20,21)(H,22,23);/p-3. The van der Waals surface area contributed by atoms with Crippen LogP contribution in [0.2, 0.25) is 0 Å². The molecule has 0 atom stereocenters. The fraction of sp³-hybridized carbons (Fsp3) is 0.438. The van der Waals surface area contributed by atoms with E-state index in [1.807, 2.05) is 64.1 Å². The van der Waals surface area contributed by atoms with Crippen LogP contribution in [0.25, 0.3) is 0 Å². The number of rotatable bonds is 18. The summed E-state index contributed by atoms with van der Waals surface area (Å²) < 4.78 is 0. The average Bonchev–Trinajstić information content (AvgIpc) is 2.96. The summed E-state index contributed by atoms with van der Waals surface area (Å²) in [6.45, 7) is 4.76. The zero-order valence-electron chi connectivity index (χ0n) is 26.9. The average molecular weight is 740 g/mol. The van der Waals surface area contributed by atoms with E-state index in [2.05, 4.69) is 10.3 Å². The summed E-state index contributed by atoms with van der Waals surface area (Å²) >= 11 is 0. The van der Waals surface area contributed by atoms with Crippen molar-refractivity contribution in [1.29, 1.82) is 0 Å². The van der Waals surface area contributed by atoms with Crippen LogP contribution in [0.3, 0.4) is 0 Å². The Labute approximate surface area is 287 Å². The number of carbonyl (C=O) groups excluding carboxylic acids is 3. The fourth-order valence-corrected chi connectivity index (χ4v) is 4.58. The van der Waals surface area contributed by atoms with Crippen LogP contribution in [0.5, 0.6) is 0 Å². The molecule has 1 amide bonds. The molecule has 0 heterocycles. The van der Waals surface area contributed by atoms with Crippen molar-refractivity contribution in [2.75, 3.05) is 44.6 Å². The number of para-hydroxylation sites is 2. The first-order valence-corrected chi connectivity index (χ1v) is 14.8. The summed E-state index contributed by atoms with van der Waals surface area (Å²) in [4.78, 5) is 61.0. The smallest absolute Gasteiger partial charge is 0.317 e. The van der Waals surface area contributed by atoms with Crippen LogP contribution in [-0.4, -0.2) is 95.0 Å². The molecule has 14 nitrogen and oxygen atoms in total. The first kappa shape index (κ1) is 42.8. The monoisotopic (exact) mass is 738 g/mol. The number of aryl methyl sites for hydroxylation is 4. The molecule has 259 valence electrons. The van der Waals surface area contributed by atoms with E-state index in [4.69, 9.17) is 10.2 Å². The van der Waals surface area contributed by atoms with Crippen LogP contribution in [0.15, 0.2) is 41.4 Å². The van der Waals surface area contributed by atoms with Gasteiger partial charge in [-0.3, -0.25) is 29.2 Å². The van der Waals surface area contributed by atoms with E-state index in [0.717, 1.165) is 50.6 Å². The number of carboxylic acids is 4. The summed E-state index contributed by atoms with van der Waals surface area (Å²) in [5.41, 5.74) is 5.09. The first-order chi connectivity index (χ1) is 21.7. The zero-order valence-corrected chi connectivity index (χ0v) is 28.8. The van der Waals surface area contributed by atoms with E-state index in [0.29, 0.717) is 18.5 Å². The van der Waals surface area contributed by atoms with E-state index < -0.39 is 68.4 Å². The number of carboxylic acid groups (broad SMARTS) is 4. The number of nitrogens with one attached hydrogen (secondary N) is 1. The third-order valence-corrected chi connectivity index (χ3v) is 6.61. The molecule has 0 spiro atoms. The van der Waals surface area contributed by atoms with Crippen molar-refractivity contribution in [2.45, 2.75) is 53.4 Å². The summed E-state index contributed by atoms with van der Waals surface area (Å²) in [6, 6.07) is 11.4. The largest absolute Gasteiger partial charge is 0.861 e. The van der Waals surface area contributed by atoms with Gasteiger partial charge in [0.15, 0.2) is 0 Å². The second-order valence-corrected chi connectivity index (χ2v) is 10.2. The molecule has 0 aliphatic carbocycles. The van der Waals surface area contributed by atoms with Crippen molar-refractivity contribution in [1.82, 2.24) is 9.80 Å². The number of aliphatic carboxylic acids is 4. The van der Waals surface area contributed by atoms with Gasteiger partial charge < -0.3 is 40.4 Å². The van der Waals surface area contributed by atoms with Crippen molar-refractivity contribution in [3.8, 4) is 0 Å². The molecule has 47 heavy (non-hydrogen) atoms. The molecule has 1 radical (unpaired) electrons. The van der Waals surface area contributed by atoms with Gasteiger partial charge >= 0.3 is 11.9 Å². The van der Waals surface area contributed by atoms with Crippen molar-refractivity contribution in [3.05, 3.63) is 58.7 Å². The molecule has 15 heteroatoms. The van der Waals surface area contributed by atoms with Gasteiger partial charge in [-0.1, -0.05) is 64.1 Å². The normalized spacial score (nSPS) is 10.9. The topological polar surface area (TPSA) is 226 Å². The Morgan fingerprint density at radius 1 is 0.638 bits per heavy atom. The van der Waals surface area contributed by atoms with Crippen LogP contribution in [0, 0.1) is 0 Å². The molecule has 0 aliphatic rings. The molecular formula is C32H41N4O10Tc-3.